The predicted octanol–water partition coefficient (Wildman–Crippen LogP) is 0.0443. The third-order valence-electron chi connectivity index (χ3n) is 1.60. The van der Waals surface area contributed by atoms with E-state index in [1.165, 1.54) is 21.1 Å². The van der Waals surface area contributed by atoms with E-state index >= 15 is 0 Å². The lowest BCUT2D eigenvalue weighted by molar-refractivity contribution is -0.165. The van der Waals surface area contributed by atoms with Crippen molar-refractivity contribution in [3.63, 3.8) is 0 Å². The minimum atomic E-state index is -0.958. The maximum absolute atomic E-state index is 11.1. The van der Waals surface area contributed by atoms with Crippen molar-refractivity contribution in [1.29, 1.82) is 0 Å². The van der Waals surface area contributed by atoms with E-state index in [-0.39, 0.29) is 12.8 Å². The van der Waals surface area contributed by atoms with E-state index in [1.54, 1.807) is 0 Å². The Kier molecular flexibility index (Phi) is 6.08. The first-order valence-electron chi connectivity index (χ1n) is 4.35. The lowest BCUT2D eigenvalue weighted by Crippen LogP contribution is -2.25. The summed E-state index contributed by atoms with van der Waals surface area (Å²) in [6.45, 7) is 1.39. The first kappa shape index (κ1) is 13.4. The molecule has 1 unspecified atom stereocenters. The Labute approximate surface area is 87.5 Å². The molecule has 0 saturated heterocycles. The van der Waals surface area contributed by atoms with Gasteiger partial charge >= 0.3 is 17.9 Å². The average Bonchev–Trinajstić information content (AvgIpc) is 2.24. The molecule has 0 saturated carbocycles. The maximum atomic E-state index is 11.1. The Morgan fingerprint density at radius 3 is 2.00 bits per heavy atom. The Hall–Kier alpha value is -1.59. The molecule has 0 aromatic heterocycles. The van der Waals surface area contributed by atoms with Crippen LogP contribution in [0.2, 0.25) is 0 Å². The molecule has 0 aliphatic heterocycles. The van der Waals surface area contributed by atoms with Gasteiger partial charge in [-0.15, -0.1) is 0 Å². The van der Waals surface area contributed by atoms with Crippen molar-refractivity contribution >= 4 is 17.9 Å². The van der Waals surface area contributed by atoms with Crippen LogP contribution in [0.25, 0.3) is 0 Å². The number of carbonyl (C=O) groups is 3. The number of carbonyl (C=O) groups excluding carboxylic acids is 3. The summed E-state index contributed by atoms with van der Waals surface area (Å²) >= 11 is 0. The van der Waals surface area contributed by atoms with Crippen molar-refractivity contribution < 1.29 is 28.6 Å². The fourth-order valence-electron chi connectivity index (χ4n) is 0.776. The molecule has 0 bridgehead atoms. The van der Waals surface area contributed by atoms with Crippen molar-refractivity contribution in [3.8, 4) is 0 Å². The lowest BCUT2D eigenvalue weighted by Gasteiger charge is -2.10. The molecule has 6 heteroatoms. The van der Waals surface area contributed by atoms with Gasteiger partial charge in [0, 0.05) is 0 Å². The number of methoxy groups -OCH3 is 2. The van der Waals surface area contributed by atoms with Crippen LogP contribution in [-0.4, -0.2) is 38.2 Å². The highest BCUT2D eigenvalue weighted by atomic mass is 16.6. The van der Waals surface area contributed by atoms with Crippen molar-refractivity contribution in [3.05, 3.63) is 0 Å². The van der Waals surface area contributed by atoms with Gasteiger partial charge in [-0.25, -0.2) is 4.79 Å². The summed E-state index contributed by atoms with van der Waals surface area (Å²) in [6, 6.07) is 0. The van der Waals surface area contributed by atoms with Gasteiger partial charge in [0.25, 0.3) is 0 Å². The Morgan fingerprint density at radius 1 is 1.00 bits per heavy atom. The SMILES string of the molecule is COC(=O)CCC(=O)OC(C)C(=O)OC. The average molecular weight is 218 g/mol. The van der Waals surface area contributed by atoms with E-state index < -0.39 is 24.0 Å². The smallest absolute Gasteiger partial charge is 0.346 e. The summed E-state index contributed by atoms with van der Waals surface area (Å²) in [5, 5.41) is 0. The van der Waals surface area contributed by atoms with Crippen molar-refractivity contribution in [2.24, 2.45) is 0 Å². The van der Waals surface area contributed by atoms with E-state index in [0.717, 1.165) is 0 Å². The monoisotopic (exact) mass is 218 g/mol. The molecule has 6 nitrogen and oxygen atoms in total. The summed E-state index contributed by atoms with van der Waals surface area (Å²) in [5.74, 6) is -1.78. The van der Waals surface area contributed by atoms with Crippen LogP contribution in [0.3, 0.4) is 0 Å². The van der Waals surface area contributed by atoms with Crippen LogP contribution < -0.4 is 0 Å². The molecule has 0 spiro atoms. The van der Waals surface area contributed by atoms with Gasteiger partial charge in [0.05, 0.1) is 27.1 Å². The van der Waals surface area contributed by atoms with E-state index in [1.807, 2.05) is 0 Å². The molecule has 86 valence electrons. The summed E-state index contributed by atoms with van der Waals surface area (Å²) < 4.78 is 13.4. The molecule has 0 aliphatic carbocycles. The molecular weight excluding hydrogens is 204 g/mol. The molecule has 0 radical (unpaired) electrons. The maximum Gasteiger partial charge on any atom is 0.346 e. The van der Waals surface area contributed by atoms with Crippen LogP contribution in [-0.2, 0) is 28.6 Å². The quantitative estimate of drug-likeness (QED) is 0.479. The Balaban J connectivity index is 3.83. The second-order valence-electron chi connectivity index (χ2n) is 2.73. The second kappa shape index (κ2) is 6.80. The summed E-state index contributed by atoms with van der Waals surface area (Å²) in [5.41, 5.74) is 0. The zero-order valence-corrected chi connectivity index (χ0v) is 8.94. The molecule has 0 N–H and O–H groups in total. The number of hydrogen-bond donors (Lipinski definition) is 0. The van der Waals surface area contributed by atoms with Crippen LogP contribution in [0, 0.1) is 0 Å². The van der Waals surface area contributed by atoms with Crippen LogP contribution in [0.15, 0.2) is 0 Å². The molecular formula is C9H14O6. The van der Waals surface area contributed by atoms with E-state index in [0.29, 0.717) is 0 Å². The lowest BCUT2D eigenvalue weighted by atomic mass is 10.3. The minimum absolute atomic E-state index is 0.0662. The minimum Gasteiger partial charge on any atom is -0.469 e. The van der Waals surface area contributed by atoms with Gasteiger partial charge in [-0.2, -0.15) is 0 Å². The number of hydrogen-bond acceptors (Lipinski definition) is 6. The third-order valence-corrected chi connectivity index (χ3v) is 1.60. The zero-order chi connectivity index (χ0) is 11.8. The standard InChI is InChI=1S/C9H14O6/c1-6(9(12)14-3)15-8(11)5-4-7(10)13-2/h6H,4-5H2,1-3H3. The second-order valence-corrected chi connectivity index (χ2v) is 2.73. The predicted molar refractivity (Wildman–Crippen MR) is 48.8 cm³/mol. The molecule has 0 aliphatic rings. The zero-order valence-electron chi connectivity index (χ0n) is 8.94. The van der Waals surface area contributed by atoms with Gasteiger partial charge in [-0.3, -0.25) is 9.59 Å². The Morgan fingerprint density at radius 2 is 1.53 bits per heavy atom. The van der Waals surface area contributed by atoms with Crippen molar-refractivity contribution in [2.75, 3.05) is 14.2 Å². The molecule has 0 aromatic rings. The molecule has 0 aromatic carbocycles. The van der Waals surface area contributed by atoms with E-state index in [2.05, 4.69) is 14.2 Å². The van der Waals surface area contributed by atoms with Gasteiger partial charge in [0.1, 0.15) is 0 Å². The number of ether oxygens (including phenoxy) is 3. The fourth-order valence-corrected chi connectivity index (χ4v) is 0.776. The van der Waals surface area contributed by atoms with Crippen LogP contribution in [0.4, 0.5) is 0 Å². The molecule has 1 atom stereocenters. The molecule has 15 heavy (non-hydrogen) atoms. The van der Waals surface area contributed by atoms with Gasteiger partial charge in [0.2, 0.25) is 0 Å². The molecule has 0 heterocycles. The summed E-state index contributed by atoms with van der Waals surface area (Å²) in [6.07, 6.45) is -1.14. The highest BCUT2D eigenvalue weighted by Gasteiger charge is 2.18. The Bertz CT molecular complexity index is 247. The van der Waals surface area contributed by atoms with E-state index in [9.17, 15) is 14.4 Å². The van der Waals surface area contributed by atoms with Crippen LogP contribution in [0.5, 0.6) is 0 Å². The molecule has 0 rings (SSSR count). The van der Waals surface area contributed by atoms with Crippen molar-refractivity contribution in [1.82, 2.24) is 0 Å². The van der Waals surface area contributed by atoms with Gasteiger partial charge < -0.3 is 14.2 Å². The summed E-state index contributed by atoms with van der Waals surface area (Å²) in [7, 11) is 2.42. The first-order chi connectivity index (χ1) is 7.01. The number of esters is 3. The largest absolute Gasteiger partial charge is 0.469 e. The fraction of sp³-hybridized carbons (Fsp3) is 0.667. The van der Waals surface area contributed by atoms with Gasteiger partial charge in [-0.05, 0) is 6.92 Å². The van der Waals surface area contributed by atoms with Gasteiger partial charge in [-0.1, -0.05) is 0 Å². The normalized spacial score (nSPS) is 11.4. The van der Waals surface area contributed by atoms with Crippen molar-refractivity contribution in [2.45, 2.75) is 25.9 Å². The highest BCUT2D eigenvalue weighted by Crippen LogP contribution is 2.00. The topological polar surface area (TPSA) is 78.9 Å². The van der Waals surface area contributed by atoms with E-state index in [4.69, 9.17) is 0 Å². The first-order valence-corrected chi connectivity index (χ1v) is 4.35. The summed E-state index contributed by atoms with van der Waals surface area (Å²) in [4.78, 5) is 32.6. The van der Waals surface area contributed by atoms with Gasteiger partial charge in [0.15, 0.2) is 6.10 Å². The third kappa shape index (κ3) is 5.66. The van der Waals surface area contributed by atoms with Crippen LogP contribution in [0.1, 0.15) is 19.8 Å². The highest BCUT2D eigenvalue weighted by molar-refractivity contribution is 5.81. The van der Waals surface area contributed by atoms with Crippen LogP contribution >= 0.6 is 0 Å². The molecule has 0 amide bonds. The number of rotatable bonds is 5. The molecule has 0 fully saturated rings.